The molecule has 1 saturated heterocycles. The average molecular weight is 291 g/mol. The maximum absolute atomic E-state index is 12.1. The number of carbonyl (C=O) groups excluding carboxylic acids is 1. The molecule has 6 heteroatoms. The van der Waals surface area contributed by atoms with Gasteiger partial charge < -0.3 is 15.3 Å². The Bertz CT molecular complexity index is 505. The first-order chi connectivity index (χ1) is 9.97. The van der Waals surface area contributed by atoms with Crippen molar-refractivity contribution in [3.05, 3.63) is 24.0 Å². The van der Waals surface area contributed by atoms with Gasteiger partial charge in [0.2, 0.25) is 0 Å². The Morgan fingerprint density at radius 3 is 2.48 bits per heavy atom. The van der Waals surface area contributed by atoms with E-state index in [0.29, 0.717) is 17.5 Å². The fourth-order valence-electron chi connectivity index (χ4n) is 2.57. The highest BCUT2D eigenvalue weighted by Gasteiger charge is 2.24. The number of likely N-dealkylation sites (tertiary alicyclic amines) is 1. The van der Waals surface area contributed by atoms with Crippen LogP contribution in [0.3, 0.4) is 0 Å². The van der Waals surface area contributed by atoms with Crippen molar-refractivity contribution in [1.82, 2.24) is 9.88 Å². The molecule has 0 saturated carbocycles. The largest absolute Gasteiger partial charge is 0.477 e. The molecule has 0 unspecified atom stereocenters. The van der Waals surface area contributed by atoms with Crippen LogP contribution in [-0.4, -0.2) is 40.1 Å². The number of amides is 2. The number of carboxylic acid groups (broad SMARTS) is 1. The first-order valence-corrected chi connectivity index (χ1v) is 7.22. The number of nitrogens with one attached hydrogen (secondary N) is 1. The summed E-state index contributed by atoms with van der Waals surface area (Å²) in [5.74, 6) is 0.261. The minimum atomic E-state index is -1.08. The van der Waals surface area contributed by atoms with Gasteiger partial charge in [-0.3, -0.25) is 0 Å². The number of rotatable bonds is 3. The zero-order chi connectivity index (χ0) is 15.4. The standard InChI is InChI=1S/C15H21N3O3/c1-10(2)11-5-7-18(8-6-11)15(21)17-12-3-4-13(14(19)20)16-9-12/h3-4,9-11H,5-8H2,1-2H3,(H,17,21)(H,19,20). The van der Waals surface area contributed by atoms with Crippen molar-refractivity contribution < 1.29 is 14.7 Å². The minimum absolute atomic E-state index is 0.0363. The van der Waals surface area contributed by atoms with Crippen molar-refractivity contribution >= 4 is 17.7 Å². The summed E-state index contributed by atoms with van der Waals surface area (Å²) in [6.07, 6.45) is 3.42. The van der Waals surface area contributed by atoms with Crippen LogP contribution in [0.2, 0.25) is 0 Å². The Kier molecular flexibility index (Phi) is 4.77. The second kappa shape index (κ2) is 6.56. The molecule has 0 aromatic carbocycles. The Morgan fingerprint density at radius 2 is 2.00 bits per heavy atom. The third kappa shape index (κ3) is 3.93. The number of pyridine rings is 1. The number of carbonyl (C=O) groups is 2. The van der Waals surface area contributed by atoms with Crippen LogP contribution in [0.15, 0.2) is 18.3 Å². The van der Waals surface area contributed by atoms with Gasteiger partial charge in [0.25, 0.3) is 0 Å². The second-order valence-electron chi connectivity index (χ2n) is 5.74. The summed E-state index contributed by atoms with van der Waals surface area (Å²) in [5, 5.41) is 11.5. The van der Waals surface area contributed by atoms with Gasteiger partial charge in [0, 0.05) is 13.1 Å². The highest BCUT2D eigenvalue weighted by Crippen LogP contribution is 2.24. The second-order valence-corrected chi connectivity index (χ2v) is 5.74. The summed E-state index contributed by atoms with van der Waals surface area (Å²) in [6, 6.07) is 2.78. The normalized spacial score (nSPS) is 16.0. The van der Waals surface area contributed by atoms with Gasteiger partial charge in [-0.15, -0.1) is 0 Å². The van der Waals surface area contributed by atoms with Gasteiger partial charge in [-0.05, 0) is 36.8 Å². The molecule has 0 spiro atoms. The lowest BCUT2D eigenvalue weighted by Gasteiger charge is -2.33. The molecular formula is C15H21N3O3. The fourth-order valence-corrected chi connectivity index (χ4v) is 2.57. The monoisotopic (exact) mass is 291 g/mol. The van der Waals surface area contributed by atoms with E-state index in [2.05, 4.69) is 24.1 Å². The molecule has 0 aliphatic carbocycles. The van der Waals surface area contributed by atoms with E-state index in [-0.39, 0.29) is 11.7 Å². The van der Waals surface area contributed by atoms with Crippen molar-refractivity contribution in [1.29, 1.82) is 0 Å². The molecule has 1 aromatic heterocycles. The Hall–Kier alpha value is -2.11. The van der Waals surface area contributed by atoms with E-state index in [1.165, 1.54) is 12.3 Å². The third-order valence-electron chi connectivity index (χ3n) is 4.00. The van der Waals surface area contributed by atoms with Gasteiger partial charge in [0.15, 0.2) is 0 Å². The smallest absolute Gasteiger partial charge is 0.354 e. The maximum Gasteiger partial charge on any atom is 0.354 e. The summed E-state index contributed by atoms with van der Waals surface area (Å²) in [5.41, 5.74) is 0.474. The van der Waals surface area contributed by atoms with Gasteiger partial charge >= 0.3 is 12.0 Å². The lowest BCUT2D eigenvalue weighted by Crippen LogP contribution is -2.41. The van der Waals surface area contributed by atoms with E-state index in [9.17, 15) is 9.59 Å². The van der Waals surface area contributed by atoms with Crippen LogP contribution in [0.5, 0.6) is 0 Å². The molecule has 0 bridgehead atoms. The number of hydrogen-bond acceptors (Lipinski definition) is 3. The molecule has 6 nitrogen and oxygen atoms in total. The topological polar surface area (TPSA) is 82.5 Å². The van der Waals surface area contributed by atoms with Gasteiger partial charge in [-0.25, -0.2) is 14.6 Å². The number of anilines is 1. The molecule has 21 heavy (non-hydrogen) atoms. The van der Waals surface area contributed by atoms with Crippen LogP contribution in [0.4, 0.5) is 10.5 Å². The molecule has 114 valence electrons. The molecule has 1 fully saturated rings. The Labute approximate surface area is 124 Å². The van der Waals surface area contributed by atoms with Crippen molar-refractivity contribution in [2.24, 2.45) is 11.8 Å². The number of urea groups is 1. The van der Waals surface area contributed by atoms with E-state index >= 15 is 0 Å². The molecule has 0 radical (unpaired) electrons. The molecule has 1 aliphatic rings. The first kappa shape index (κ1) is 15.3. The summed E-state index contributed by atoms with van der Waals surface area (Å²) in [6.45, 7) is 5.96. The summed E-state index contributed by atoms with van der Waals surface area (Å²) < 4.78 is 0. The van der Waals surface area contributed by atoms with E-state index in [1.54, 1.807) is 11.0 Å². The molecule has 1 aliphatic heterocycles. The van der Waals surface area contributed by atoms with Gasteiger partial charge in [-0.1, -0.05) is 13.8 Å². The highest BCUT2D eigenvalue weighted by molar-refractivity contribution is 5.90. The minimum Gasteiger partial charge on any atom is -0.477 e. The summed E-state index contributed by atoms with van der Waals surface area (Å²) in [7, 11) is 0. The van der Waals surface area contributed by atoms with Crippen LogP contribution in [0, 0.1) is 11.8 Å². The Balaban J connectivity index is 1.89. The molecule has 0 atom stereocenters. The number of nitrogens with zero attached hydrogens (tertiary/aromatic N) is 2. The van der Waals surface area contributed by atoms with Crippen LogP contribution < -0.4 is 5.32 Å². The lowest BCUT2D eigenvalue weighted by atomic mass is 9.87. The number of hydrogen-bond donors (Lipinski definition) is 2. The molecule has 2 heterocycles. The molecule has 2 N–H and O–H groups in total. The van der Waals surface area contributed by atoms with Crippen molar-refractivity contribution in [3.63, 3.8) is 0 Å². The molecule has 1 aromatic rings. The van der Waals surface area contributed by atoms with Gasteiger partial charge in [-0.2, -0.15) is 0 Å². The maximum atomic E-state index is 12.1. The van der Waals surface area contributed by atoms with E-state index < -0.39 is 5.97 Å². The van der Waals surface area contributed by atoms with Gasteiger partial charge in [0.05, 0.1) is 11.9 Å². The lowest BCUT2D eigenvalue weighted by molar-refractivity contribution is 0.0690. The molecule has 2 rings (SSSR count). The third-order valence-corrected chi connectivity index (χ3v) is 4.00. The van der Waals surface area contributed by atoms with Gasteiger partial charge in [0.1, 0.15) is 5.69 Å². The van der Waals surface area contributed by atoms with Crippen LogP contribution in [-0.2, 0) is 0 Å². The van der Waals surface area contributed by atoms with E-state index in [1.807, 2.05) is 0 Å². The first-order valence-electron chi connectivity index (χ1n) is 7.22. The number of aromatic carboxylic acids is 1. The van der Waals surface area contributed by atoms with Crippen molar-refractivity contribution in [3.8, 4) is 0 Å². The zero-order valence-corrected chi connectivity index (χ0v) is 12.4. The van der Waals surface area contributed by atoms with Crippen LogP contribution in [0.1, 0.15) is 37.2 Å². The Morgan fingerprint density at radius 1 is 1.33 bits per heavy atom. The van der Waals surface area contributed by atoms with Crippen LogP contribution >= 0.6 is 0 Å². The highest BCUT2D eigenvalue weighted by atomic mass is 16.4. The molecule has 2 amide bonds. The average Bonchev–Trinajstić information content (AvgIpc) is 2.47. The van der Waals surface area contributed by atoms with Crippen LogP contribution in [0.25, 0.3) is 0 Å². The summed E-state index contributed by atoms with van der Waals surface area (Å²) >= 11 is 0. The number of piperidine rings is 1. The van der Waals surface area contributed by atoms with Crippen molar-refractivity contribution in [2.75, 3.05) is 18.4 Å². The molecular weight excluding hydrogens is 270 g/mol. The van der Waals surface area contributed by atoms with E-state index in [0.717, 1.165) is 25.9 Å². The zero-order valence-electron chi connectivity index (χ0n) is 12.4. The predicted octanol–water partition coefficient (Wildman–Crippen LogP) is 2.68. The quantitative estimate of drug-likeness (QED) is 0.897. The number of aromatic nitrogens is 1. The fraction of sp³-hybridized carbons (Fsp3) is 0.533. The summed E-state index contributed by atoms with van der Waals surface area (Å²) in [4.78, 5) is 28.4. The van der Waals surface area contributed by atoms with Crippen molar-refractivity contribution in [2.45, 2.75) is 26.7 Å². The van der Waals surface area contributed by atoms with E-state index in [4.69, 9.17) is 5.11 Å². The predicted molar refractivity (Wildman–Crippen MR) is 79.4 cm³/mol. The SMILES string of the molecule is CC(C)C1CCN(C(=O)Nc2ccc(C(=O)O)nc2)CC1. The number of carboxylic acids is 1.